The van der Waals surface area contributed by atoms with Crippen molar-refractivity contribution in [2.24, 2.45) is 0 Å². The van der Waals surface area contributed by atoms with Crippen molar-refractivity contribution in [2.45, 2.75) is 44.8 Å². The summed E-state index contributed by atoms with van der Waals surface area (Å²) < 4.78 is 6.69. The van der Waals surface area contributed by atoms with Crippen LogP contribution in [-0.4, -0.2) is 21.2 Å². The number of thioether (sulfide) groups is 1. The second-order valence-electron chi connectivity index (χ2n) is 7.26. The minimum atomic E-state index is 0.0211. The largest absolute Gasteiger partial charge is 0.488 e. The van der Waals surface area contributed by atoms with E-state index in [0.717, 1.165) is 29.7 Å². The number of ether oxygens (including phenoxy) is 1. The number of nitrogens with zero attached hydrogens (tertiary/aromatic N) is 1. The molecule has 0 unspecified atom stereocenters. The molecule has 0 spiro atoms. The number of hydrogen-bond acceptors (Lipinski definition) is 4. The van der Waals surface area contributed by atoms with Gasteiger partial charge in [-0.25, -0.2) is 0 Å². The molecule has 1 saturated heterocycles. The third kappa shape index (κ3) is 4.68. The molecule has 2 aliphatic rings. The van der Waals surface area contributed by atoms with Crippen molar-refractivity contribution in [3.8, 4) is 5.75 Å². The predicted octanol–water partition coefficient (Wildman–Crippen LogP) is 6.45. The van der Waals surface area contributed by atoms with Gasteiger partial charge in [0.15, 0.2) is 0 Å². The molecule has 3 nitrogen and oxygen atoms in total. The van der Waals surface area contributed by atoms with E-state index in [-0.39, 0.29) is 11.9 Å². The van der Waals surface area contributed by atoms with Crippen LogP contribution >= 0.6 is 35.6 Å². The number of thiocarbonyl (C=S) groups is 1. The fourth-order valence-corrected chi connectivity index (χ4v) is 5.36. The molecule has 1 aliphatic heterocycles. The first-order chi connectivity index (χ1) is 14.1. The van der Waals surface area contributed by atoms with E-state index < -0.39 is 0 Å². The summed E-state index contributed by atoms with van der Waals surface area (Å²) in [5.41, 5.74) is 1.79. The highest BCUT2D eigenvalue weighted by Crippen LogP contribution is 2.38. The van der Waals surface area contributed by atoms with E-state index in [1.165, 1.54) is 31.0 Å². The van der Waals surface area contributed by atoms with Gasteiger partial charge in [-0.15, -0.1) is 0 Å². The Balaban J connectivity index is 1.53. The number of hydrogen-bond donors (Lipinski definition) is 0. The van der Waals surface area contributed by atoms with Gasteiger partial charge >= 0.3 is 0 Å². The van der Waals surface area contributed by atoms with Crippen molar-refractivity contribution >= 4 is 51.9 Å². The lowest BCUT2D eigenvalue weighted by atomic mass is 9.94. The zero-order valence-electron chi connectivity index (χ0n) is 16.0. The molecule has 1 aliphatic carbocycles. The highest BCUT2D eigenvalue weighted by Gasteiger charge is 2.37. The lowest BCUT2D eigenvalue weighted by molar-refractivity contribution is -0.124. The van der Waals surface area contributed by atoms with E-state index >= 15 is 0 Å². The SMILES string of the molecule is O=C1/C(=C\c2ccccc2OCc2ccccc2Cl)SC(=S)N1C1CCCCC1. The second-order valence-corrected chi connectivity index (χ2v) is 9.34. The Hall–Kier alpha value is -1.82. The fourth-order valence-electron chi connectivity index (χ4n) is 3.78. The van der Waals surface area contributed by atoms with Crippen molar-refractivity contribution in [1.29, 1.82) is 0 Å². The molecule has 0 N–H and O–H groups in total. The molecular weight excluding hydrogens is 422 g/mol. The molecule has 150 valence electrons. The quantitative estimate of drug-likeness (QED) is 0.392. The highest BCUT2D eigenvalue weighted by atomic mass is 35.5. The molecule has 1 heterocycles. The van der Waals surface area contributed by atoms with E-state index in [0.29, 0.717) is 20.9 Å². The topological polar surface area (TPSA) is 29.5 Å². The summed E-state index contributed by atoms with van der Waals surface area (Å²) in [6.07, 6.45) is 7.55. The Morgan fingerprint density at radius 1 is 1.10 bits per heavy atom. The number of benzene rings is 2. The van der Waals surface area contributed by atoms with Crippen molar-refractivity contribution in [3.05, 3.63) is 69.6 Å². The molecular formula is C23H22ClNO2S2. The van der Waals surface area contributed by atoms with E-state index in [2.05, 4.69) is 0 Å². The average molecular weight is 444 g/mol. The highest BCUT2D eigenvalue weighted by molar-refractivity contribution is 8.26. The van der Waals surface area contributed by atoms with Crippen LogP contribution in [0.15, 0.2) is 53.4 Å². The molecule has 2 aromatic rings. The maximum absolute atomic E-state index is 13.0. The molecule has 0 aromatic heterocycles. The van der Waals surface area contributed by atoms with Crippen molar-refractivity contribution < 1.29 is 9.53 Å². The van der Waals surface area contributed by atoms with Gasteiger partial charge in [-0.2, -0.15) is 0 Å². The van der Waals surface area contributed by atoms with Gasteiger partial charge in [-0.05, 0) is 31.1 Å². The van der Waals surface area contributed by atoms with Crippen LogP contribution in [0.4, 0.5) is 0 Å². The maximum atomic E-state index is 13.0. The summed E-state index contributed by atoms with van der Waals surface area (Å²) in [4.78, 5) is 15.5. The van der Waals surface area contributed by atoms with Crippen LogP contribution in [0.2, 0.25) is 5.02 Å². The minimum Gasteiger partial charge on any atom is -0.488 e. The molecule has 0 bridgehead atoms. The minimum absolute atomic E-state index is 0.0211. The Labute approximate surface area is 186 Å². The number of para-hydroxylation sites is 1. The third-order valence-corrected chi connectivity index (χ3v) is 7.01. The van der Waals surface area contributed by atoms with Gasteiger partial charge in [-0.1, -0.05) is 91.2 Å². The monoisotopic (exact) mass is 443 g/mol. The van der Waals surface area contributed by atoms with Gasteiger partial charge < -0.3 is 4.74 Å². The second kappa shape index (κ2) is 9.33. The van der Waals surface area contributed by atoms with E-state index in [1.807, 2.05) is 59.5 Å². The van der Waals surface area contributed by atoms with Crippen molar-refractivity contribution in [1.82, 2.24) is 4.90 Å². The van der Waals surface area contributed by atoms with Gasteiger partial charge in [-0.3, -0.25) is 9.69 Å². The molecule has 0 radical (unpaired) electrons. The normalized spacial score (nSPS) is 19.2. The van der Waals surface area contributed by atoms with Crippen LogP contribution in [0.3, 0.4) is 0 Å². The lowest BCUT2D eigenvalue weighted by Gasteiger charge is -2.29. The molecule has 1 amide bonds. The summed E-state index contributed by atoms with van der Waals surface area (Å²) in [5, 5.41) is 0.679. The molecule has 29 heavy (non-hydrogen) atoms. The first kappa shape index (κ1) is 20.5. The van der Waals surface area contributed by atoms with Crippen LogP contribution in [0.25, 0.3) is 6.08 Å². The molecule has 4 rings (SSSR count). The van der Waals surface area contributed by atoms with E-state index in [1.54, 1.807) is 0 Å². The smallest absolute Gasteiger partial charge is 0.266 e. The summed E-state index contributed by atoms with van der Waals surface area (Å²) in [5.74, 6) is 0.739. The maximum Gasteiger partial charge on any atom is 0.266 e. The van der Waals surface area contributed by atoms with Crippen molar-refractivity contribution in [2.75, 3.05) is 0 Å². The average Bonchev–Trinajstić information content (AvgIpc) is 3.02. The zero-order valence-corrected chi connectivity index (χ0v) is 18.4. The van der Waals surface area contributed by atoms with Gasteiger partial charge in [0.2, 0.25) is 0 Å². The van der Waals surface area contributed by atoms with E-state index in [4.69, 9.17) is 28.6 Å². The Morgan fingerprint density at radius 3 is 2.62 bits per heavy atom. The van der Waals surface area contributed by atoms with E-state index in [9.17, 15) is 4.79 Å². The lowest BCUT2D eigenvalue weighted by Crippen LogP contribution is -2.39. The molecule has 6 heteroatoms. The van der Waals surface area contributed by atoms with Gasteiger partial charge in [0.25, 0.3) is 5.91 Å². The van der Waals surface area contributed by atoms with Crippen molar-refractivity contribution in [3.63, 3.8) is 0 Å². The van der Waals surface area contributed by atoms with Gasteiger partial charge in [0.05, 0.1) is 4.91 Å². The number of halogens is 1. The molecule has 0 atom stereocenters. The molecule has 1 saturated carbocycles. The summed E-state index contributed by atoms with van der Waals surface area (Å²) in [7, 11) is 0. The Morgan fingerprint density at radius 2 is 1.83 bits per heavy atom. The van der Waals surface area contributed by atoms with Gasteiger partial charge in [0.1, 0.15) is 16.7 Å². The van der Waals surface area contributed by atoms with Crippen LogP contribution in [0.1, 0.15) is 43.2 Å². The van der Waals surface area contributed by atoms with Gasteiger partial charge in [0, 0.05) is 22.2 Å². The third-order valence-electron chi connectivity index (χ3n) is 5.31. The van der Waals surface area contributed by atoms with Crippen LogP contribution in [0, 0.1) is 0 Å². The van der Waals surface area contributed by atoms with Crippen LogP contribution in [-0.2, 0) is 11.4 Å². The number of carbonyl (C=O) groups excluding carboxylic acids is 1. The Bertz CT molecular complexity index is 953. The number of rotatable bonds is 5. The molecule has 2 fully saturated rings. The summed E-state index contributed by atoms with van der Waals surface area (Å²) >= 11 is 13.2. The first-order valence-corrected chi connectivity index (χ1v) is 11.5. The standard InChI is InChI=1S/C23H22ClNO2S2/c24-19-12-6-4-9-17(19)15-27-20-13-7-5-8-16(20)14-21-22(26)25(23(28)29-21)18-10-2-1-3-11-18/h4-9,12-14,18H,1-3,10-11,15H2/b21-14+. The zero-order chi connectivity index (χ0) is 20.2. The number of carbonyl (C=O) groups is 1. The summed E-state index contributed by atoms with van der Waals surface area (Å²) in [6, 6.07) is 15.6. The number of amides is 1. The predicted molar refractivity (Wildman–Crippen MR) is 124 cm³/mol. The van der Waals surface area contributed by atoms with Crippen LogP contribution in [0.5, 0.6) is 5.75 Å². The first-order valence-electron chi connectivity index (χ1n) is 9.86. The summed E-state index contributed by atoms with van der Waals surface area (Å²) in [6.45, 7) is 0.369. The fraction of sp³-hybridized carbons (Fsp3) is 0.304. The molecule has 2 aromatic carbocycles. The Kier molecular flexibility index (Phi) is 6.58. The van der Waals surface area contributed by atoms with Crippen LogP contribution < -0.4 is 4.74 Å².